The van der Waals surface area contributed by atoms with E-state index >= 15 is 0 Å². The largest absolute Gasteiger partial charge is 0.384 e. The van der Waals surface area contributed by atoms with Crippen LogP contribution >= 0.6 is 11.6 Å². The molecule has 0 aliphatic rings. The van der Waals surface area contributed by atoms with Crippen LogP contribution in [0.15, 0.2) is 54.6 Å². The van der Waals surface area contributed by atoms with Crippen LogP contribution in [0.25, 0.3) is 0 Å². The third-order valence-electron chi connectivity index (χ3n) is 3.96. The van der Waals surface area contributed by atoms with Crippen molar-refractivity contribution in [3.05, 3.63) is 70.7 Å². The minimum Gasteiger partial charge on any atom is -0.384 e. The molecule has 0 fully saturated rings. The van der Waals surface area contributed by atoms with Crippen molar-refractivity contribution in [1.29, 1.82) is 0 Å². The Hall–Kier alpha value is -1.84. The molecule has 2 aromatic carbocycles. The maximum absolute atomic E-state index is 12.1. The molecule has 0 heterocycles. The van der Waals surface area contributed by atoms with E-state index in [0.717, 1.165) is 11.1 Å². The fraction of sp³-hybridized carbons (Fsp3) is 0.316. The molecule has 4 heteroatoms. The Labute approximate surface area is 142 Å². The predicted octanol–water partition coefficient (Wildman–Crippen LogP) is 3.86. The Morgan fingerprint density at radius 3 is 2.39 bits per heavy atom. The first-order valence-electron chi connectivity index (χ1n) is 7.68. The number of amides is 1. The Balaban J connectivity index is 1.89. The van der Waals surface area contributed by atoms with Gasteiger partial charge in [-0.15, -0.1) is 0 Å². The van der Waals surface area contributed by atoms with E-state index in [0.29, 0.717) is 11.4 Å². The molecule has 122 valence electrons. The van der Waals surface area contributed by atoms with E-state index < -0.39 is 5.60 Å². The van der Waals surface area contributed by atoms with E-state index in [9.17, 15) is 9.90 Å². The smallest absolute Gasteiger partial charge is 0.220 e. The van der Waals surface area contributed by atoms with Gasteiger partial charge in [0.1, 0.15) is 5.60 Å². The molecule has 2 rings (SSSR count). The van der Waals surface area contributed by atoms with Gasteiger partial charge in [0.15, 0.2) is 0 Å². The number of rotatable bonds is 6. The quantitative estimate of drug-likeness (QED) is 0.844. The van der Waals surface area contributed by atoms with Crippen LogP contribution in [0.3, 0.4) is 0 Å². The summed E-state index contributed by atoms with van der Waals surface area (Å²) < 4.78 is 0. The Bertz CT molecular complexity index is 638. The first-order valence-corrected chi connectivity index (χ1v) is 8.06. The highest BCUT2D eigenvalue weighted by molar-refractivity contribution is 6.30. The molecular weight excluding hydrogens is 310 g/mol. The molecule has 2 aromatic rings. The monoisotopic (exact) mass is 331 g/mol. The minimum absolute atomic E-state index is 0.0735. The molecule has 0 bridgehead atoms. The van der Waals surface area contributed by atoms with Crippen LogP contribution in [0.4, 0.5) is 0 Å². The molecule has 0 spiro atoms. The number of carbonyl (C=O) groups is 1. The summed E-state index contributed by atoms with van der Waals surface area (Å²) in [6.45, 7) is 3.86. The van der Waals surface area contributed by atoms with Crippen LogP contribution in [0.1, 0.15) is 37.3 Å². The van der Waals surface area contributed by atoms with Crippen LogP contribution in [0.5, 0.6) is 0 Å². The first kappa shape index (κ1) is 17.5. The number of hydrogen-bond donors (Lipinski definition) is 2. The van der Waals surface area contributed by atoms with Crippen LogP contribution in [-0.4, -0.2) is 17.6 Å². The molecule has 1 amide bonds. The maximum Gasteiger partial charge on any atom is 0.220 e. The fourth-order valence-electron chi connectivity index (χ4n) is 2.43. The van der Waals surface area contributed by atoms with Gasteiger partial charge in [-0.05, 0) is 36.1 Å². The molecule has 0 saturated carbocycles. The summed E-state index contributed by atoms with van der Waals surface area (Å²) >= 11 is 5.85. The topological polar surface area (TPSA) is 49.3 Å². The van der Waals surface area contributed by atoms with Gasteiger partial charge in [0, 0.05) is 11.4 Å². The Morgan fingerprint density at radius 1 is 1.17 bits per heavy atom. The van der Waals surface area contributed by atoms with Gasteiger partial charge in [-0.25, -0.2) is 0 Å². The average molecular weight is 332 g/mol. The molecular formula is C19H22ClNO2. The maximum atomic E-state index is 12.1. The van der Waals surface area contributed by atoms with Gasteiger partial charge in [-0.1, -0.05) is 61.0 Å². The number of aliphatic hydroxyl groups is 1. The van der Waals surface area contributed by atoms with Crippen LogP contribution in [-0.2, 0) is 10.4 Å². The molecule has 2 unspecified atom stereocenters. The standard InChI is InChI=1S/C19H22ClNO2/c1-14(15-6-4-3-5-7-15)12-18(22)21-13-19(2,23)16-8-10-17(20)11-9-16/h3-11,14,23H,12-13H2,1-2H3,(H,21,22). The molecule has 0 radical (unpaired) electrons. The molecule has 2 atom stereocenters. The number of carbonyl (C=O) groups excluding carboxylic acids is 1. The second-order valence-corrected chi connectivity index (χ2v) is 6.51. The third-order valence-corrected chi connectivity index (χ3v) is 4.21. The Kier molecular flexibility index (Phi) is 5.80. The highest BCUT2D eigenvalue weighted by Gasteiger charge is 2.24. The lowest BCUT2D eigenvalue weighted by molar-refractivity contribution is -0.122. The lowest BCUT2D eigenvalue weighted by atomic mass is 9.95. The van der Waals surface area contributed by atoms with Crippen LogP contribution in [0.2, 0.25) is 5.02 Å². The van der Waals surface area contributed by atoms with E-state index in [1.165, 1.54) is 0 Å². The normalized spacial score (nSPS) is 14.8. The van der Waals surface area contributed by atoms with Crippen LogP contribution < -0.4 is 5.32 Å². The summed E-state index contributed by atoms with van der Waals surface area (Å²) in [5.74, 6) is 0.0623. The van der Waals surface area contributed by atoms with Crippen molar-refractivity contribution in [3.63, 3.8) is 0 Å². The summed E-state index contributed by atoms with van der Waals surface area (Å²) in [4.78, 5) is 12.1. The molecule has 2 N–H and O–H groups in total. The zero-order valence-corrected chi connectivity index (χ0v) is 14.2. The summed E-state index contributed by atoms with van der Waals surface area (Å²) in [6.07, 6.45) is 0.390. The minimum atomic E-state index is -1.13. The van der Waals surface area contributed by atoms with E-state index in [-0.39, 0.29) is 18.4 Å². The third kappa shape index (κ3) is 5.08. The molecule has 0 aliphatic carbocycles. The molecule has 23 heavy (non-hydrogen) atoms. The molecule has 0 aliphatic heterocycles. The van der Waals surface area contributed by atoms with E-state index in [2.05, 4.69) is 5.32 Å². The van der Waals surface area contributed by atoms with Crippen LogP contribution in [0, 0.1) is 0 Å². The summed E-state index contributed by atoms with van der Waals surface area (Å²) in [6, 6.07) is 16.9. The predicted molar refractivity (Wildman–Crippen MR) is 93.5 cm³/mol. The molecule has 0 aromatic heterocycles. The molecule has 3 nitrogen and oxygen atoms in total. The highest BCUT2D eigenvalue weighted by atomic mass is 35.5. The van der Waals surface area contributed by atoms with E-state index in [1.54, 1.807) is 31.2 Å². The summed E-state index contributed by atoms with van der Waals surface area (Å²) in [5, 5.41) is 13.9. The van der Waals surface area contributed by atoms with Gasteiger partial charge < -0.3 is 10.4 Å². The van der Waals surface area contributed by atoms with Crippen molar-refractivity contribution >= 4 is 17.5 Å². The lowest BCUT2D eigenvalue weighted by Gasteiger charge is -2.24. The second-order valence-electron chi connectivity index (χ2n) is 6.07. The number of benzene rings is 2. The van der Waals surface area contributed by atoms with Crippen molar-refractivity contribution in [2.24, 2.45) is 0 Å². The van der Waals surface area contributed by atoms with E-state index in [4.69, 9.17) is 11.6 Å². The van der Waals surface area contributed by atoms with E-state index in [1.807, 2.05) is 37.3 Å². The zero-order valence-electron chi connectivity index (χ0n) is 13.4. The average Bonchev–Trinajstić information content (AvgIpc) is 2.54. The highest BCUT2D eigenvalue weighted by Crippen LogP contribution is 2.22. The lowest BCUT2D eigenvalue weighted by Crippen LogP contribution is -2.38. The van der Waals surface area contributed by atoms with Crippen molar-refractivity contribution in [1.82, 2.24) is 5.32 Å². The first-order chi connectivity index (χ1) is 10.9. The van der Waals surface area contributed by atoms with Gasteiger partial charge in [-0.3, -0.25) is 4.79 Å². The van der Waals surface area contributed by atoms with Crippen molar-refractivity contribution in [2.75, 3.05) is 6.54 Å². The second kappa shape index (κ2) is 7.62. The number of halogens is 1. The van der Waals surface area contributed by atoms with Gasteiger partial charge in [0.25, 0.3) is 0 Å². The zero-order chi connectivity index (χ0) is 16.9. The van der Waals surface area contributed by atoms with Gasteiger partial charge in [-0.2, -0.15) is 0 Å². The number of nitrogens with one attached hydrogen (secondary N) is 1. The molecule has 0 saturated heterocycles. The fourth-order valence-corrected chi connectivity index (χ4v) is 2.56. The van der Waals surface area contributed by atoms with Crippen molar-refractivity contribution in [2.45, 2.75) is 31.8 Å². The summed E-state index contributed by atoms with van der Waals surface area (Å²) in [5.41, 5.74) is 0.724. The Morgan fingerprint density at radius 2 is 1.78 bits per heavy atom. The SMILES string of the molecule is CC(CC(=O)NCC(C)(O)c1ccc(Cl)cc1)c1ccccc1. The van der Waals surface area contributed by atoms with Gasteiger partial charge in [0.2, 0.25) is 5.91 Å². The summed E-state index contributed by atoms with van der Waals surface area (Å²) in [7, 11) is 0. The van der Waals surface area contributed by atoms with Crippen molar-refractivity contribution < 1.29 is 9.90 Å². The van der Waals surface area contributed by atoms with Gasteiger partial charge >= 0.3 is 0 Å². The number of hydrogen-bond acceptors (Lipinski definition) is 2. The van der Waals surface area contributed by atoms with Gasteiger partial charge in [0.05, 0.1) is 6.54 Å². The van der Waals surface area contributed by atoms with Crippen molar-refractivity contribution in [3.8, 4) is 0 Å².